The lowest BCUT2D eigenvalue weighted by Crippen LogP contribution is -2.52. The number of rotatable bonds is 2. The lowest BCUT2D eigenvalue weighted by atomic mass is 9.89. The first kappa shape index (κ1) is 15.1. The molecule has 1 N–H and O–H groups in total. The second-order valence-electron chi connectivity index (χ2n) is 5.32. The maximum absolute atomic E-state index is 14.1. The van der Waals surface area contributed by atoms with Crippen LogP contribution in [0.1, 0.15) is 35.1 Å². The molecular weight excluding hydrogens is 363 g/mol. The molecule has 1 aliphatic heterocycles. The van der Waals surface area contributed by atoms with E-state index < -0.39 is 29.4 Å². The van der Waals surface area contributed by atoms with Gasteiger partial charge in [-0.3, -0.25) is 9.48 Å². The Bertz CT molecular complexity index is 762. The summed E-state index contributed by atoms with van der Waals surface area (Å²) in [5.41, 5.74) is -1.24. The van der Waals surface area contributed by atoms with E-state index in [0.717, 1.165) is 6.07 Å². The highest BCUT2D eigenvalue weighted by molar-refractivity contribution is 9.10. The third-order valence-corrected chi connectivity index (χ3v) is 4.13. The fraction of sp³-hybridized carbons (Fsp3) is 0.286. The van der Waals surface area contributed by atoms with Crippen LogP contribution in [0.5, 0.6) is 0 Å². The van der Waals surface area contributed by atoms with E-state index in [9.17, 15) is 18.0 Å². The van der Waals surface area contributed by atoms with Gasteiger partial charge in [-0.1, -0.05) is 15.9 Å². The molecule has 22 heavy (non-hydrogen) atoms. The zero-order valence-corrected chi connectivity index (χ0v) is 13.0. The Labute approximate surface area is 132 Å². The van der Waals surface area contributed by atoms with Gasteiger partial charge in [0.2, 0.25) is 0 Å². The first-order valence-electron chi connectivity index (χ1n) is 6.44. The smallest absolute Gasteiger partial charge is 0.282 e. The molecule has 2 aromatic rings. The van der Waals surface area contributed by atoms with Gasteiger partial charge in [0.25, 0.3) is 12.3 Å². The minimum Gasteiger partial charge on any atom is -0.339 e. The molecule has 0 saturated carbocycles. The van der Waals surface area contributed by atoms with Gasteiger partial charge in [0, 0.05) is 10.0 Å². The van der Waals surface area contributed by atoms with E-state index in [0.29, 0.717) is 4.47 Å². The first-order valence-corrected chi connectivity index (χ1v) is 7.23. The summed E-state index contributed by atoms with van der Waals surface area (Å²) >= 11 is 3.26. The van der Waals surface area contributed by atoms with Crippen LogP contribution in [-0.2, 0) is 12.1 Å². The van der Waals surface area contributed by atoms with Crippen molar-refractivity contribution in [3.63, 3.8) is 0 Å². The average Bonchev–Trinajstić information content (AvgIpc) is 2.85. The summed E-state index contributed by atoms with van der Waals surface area (Å²) in [6.45, 7) is 1.69. The van der Waals surface area contributed by atoms with E-state index in [2.05, 4.69) is 26.3 Å². The van der Waals surface area contributed by atoms with Crippen LogP contribution in [0.4, 0.5) is 13.2 Å². The third-order valence-electron chi connectivity index (χ3n) is 3.63. The van der Waals surface area contributed by atoms with Crippen molar-refractivity contribution < 1.29 is 18.0 Å². The summed E-state index contributed by atoms with van der Waals surface area (Å²) < 4.78 is 41.4. The number of fused-ring (bicyclic) bond motifs is 1. The molecule has 1 amide bonds. The molecule has 2 heterocycles. The number of carbonyl (C=O) groups excluding carboxylic acids is 1. The average molecular weight is 374 g/mol. The summed E-state index contributed by atoms with van der Waals surface area (Å²) in [5, 5.41) is 6.43. The van der Waals surface area contributed by atoms with Crippen LogP contribution in [0.15, 0.2) is 28.7 Å². The molecule has 0 radical (unpaired) electrons. The molecule has 1 aromatic carbocycles. The molecule has 1 atom stereocenters. The minimum atomic E-state index is -2.76. The predicted molar refractivity (Wildman–Crippen MR) is 76.1 cm³/mol. The van der Waals surface area contributed by atoms with Crippen molar-refractivity contribution in [1.29, 1.82) is 0 Å². The molecular formula is C14H11BrF3N3O. The zero-order valence-electron chi connectivity index (χ0n) is 11.4. The molecule has 0 fully saturated rings. The molecule has 0 unspecified atom stereocenters. The topological polar surface area (TPSA) is 46.9 Å². The molecule has 1 aromatic heterocycles. The van der Waals surface area contributed by atoms with Gasteiger partial charge < -0.3 is 5.32 Å². The maximum atomic E-state index is 14.1. The molecule has 116 valence electrons. The first-order chi connectivity index (χ1) is 10.3. The summed E-state index contributed by atoms with van der Waals surface area (Å²) in [6.07, 6.45) is -2.76. The van der Waals surface area contributed by atoms with Gasteiger partial charge in [0.15, 0.2) is 0 Å². The Hall–Kier alpha value is -1.83. The Morgan fingerprint density at radius 3 is 2.82 bits per heavy atom. The van der Waals surface area contributed by atoms with Crippen LogP contribution in [0.2, 0.25) is 0 Å². The molecule has 0 saturated heterocycles. The molecule has 0 bridgehead atoms. The van der Waals surface area contributed by atoms with Crippen molar-refractivity contribution in [2.24, 2.45) is 0 Å². The van der Waals surface area contributed by atoms with Crippen molar-refractivity contribution in [1.82, 2.24) is 15.1 Å². The van der Waals surface area contributed by atoms with E-state index in [-0.39, 0.29) is 17.8 Å². The van der Waals surface area contributed by atoms with Crippen LogP contribution in [0.25, 0.3) is 0 Å². The molecule has 8 heteroatoms. The van der Waals surface area contributed by atoms with Crippen molar-refractivity contribution >= 4 is 21.8 Å². The maximum Gasteiger partial charge on any atom is 0.282 e. The van der Waals surface area contributed by atoms with Gasteiger partial charge in [0.1, 0.15) is 17.2 Å². The van der Waals surface area contributed by atoms with Crippen molar-refractivity contribution in [2.75, 3.05) is 0 Å². The highest BCUT2D eigenvalue weighted by Gasteiger charge is 2.39. The summed E-state index contributed by atoms with van der Waals surface area (Å²) in [7, 11) is 0. The van der Waals surface area contributed by atoms with Crippen LogP contribution >= 0.6 is 15.9 Å². The minimum absolute atomic E-state index is 0.0446. The standard InChI is InChI=1S/C14H11BrF3N3O/c1-14(8-4-7(15)2-3-9(8)16)6-21-11(13(22)19-14)5-10(20-21)12(17)18/h2-5,12H,6H2,1H3,(H,19,22)/t14-/m0/s1. The van der Waals surface area contributed by atoms with E-state index in [1.54, 1.807) is 19.1 Å². The Balaban J connectivity index is 2.07. The second-order valence-corrected chi connectivity index (χ2v) is 6.24. The Kier molecular flexibility index (Phi) is 3.51. The summed E-state index contributed by atoms with van der Waals surface area (Å²) in [4.78, 5) is 12.2. The highest BCUT2D eigenvalue weighted by atomic mass is 79.9. The van der Waals surface area contributed by atoms with Gasteiger partial charge in [-0.05, 0) is 31.2 Å². The molecule has 1 aliphatic rings. The third kappa shape index (κ3) is 2.41. The lowest BCUT2D eigenvalue weighted by molar-refractivity contribution is 0.0835. The largest absolute Gasteiger partial charge is 0.339 e. The van der Waals surface area contributed by atoms with Crippen molar-refractivity contribution in [2.45, 2.75) is 25.4 Å². The molecule has 4 nitrogen and oxygen atoms in total. The van der Waals surface area contributed by atoms with Gasteiger partial charge in [-0.15, -0.1) is 0 Å². The summed E-state index contributed by atoms with van der Waals surface area (Å²) in [5.74, 6) is -1.05. The van der Waals surface area contributed by atoms with E-state index >= 15 is 0 Å². The number of carbonyl (C=O) groups is 1. The number of aromatic nitrogens is 2. The molecule has 0 aliphatic carbocycles. The van der Waals surface area contributed by atoms with Crippen molar-refractivity contribution in [3.8, 4) is 0 Å². The number of alkyl halides is 2. The number of benzene rings is 1. The van der Waals surface area contributed by atoms with E-state index in [4.69, 9.17) is 0 Å². The SMILES string of the molecule is C[C@@]1(c2cc(Br)ccc2F)Cn2nc(C(F)F)cc2C(=O)N1. The van der Waals surface area contributed by atoms with Crippen LogP contribution < -0.4 is 5.32 Å². The highest BCUT2D eigenvalue weighted by Crippen LogP contribution is 2.32. The lowest BCUT2D eigenvalue weighted by Gasteiger charge is -2.35. The van der Waals surface area contributed by atoms with Gasteiger partial charge in [-0.25, -0.2) is 13.2 Å². The number of nitrogens with zero attached hydrogens (tertiary/aromatic N) is 2. The normalized spacial score (nSPS) is 20.9. The van der Waals surface area contributed by atoms with Crippen molar-refractivity contribution in [3.05, 3.63) is 51.5 Å². The number of nitrogens with one attached hydrogen (secondary N) is 1. The Morgan fingerprint density at radius 2 is 2.14 bits per heavy atom. The fourth-order valence-corrected chi connectivity index (χ4v) is 2.93. The molecule has 3 rings (SSSR count). The van der Waals surface area contributed by atoms with Gasteiger partial charge in [0.05, 0.1) is 12.1 Å². The fourth-order valence-electron chi connectivity index (χ4n) is 2.57. The second kappa shape index (κ2) is 5.12. The zero-order chi connectivity index (χ0) is 16.1. The number of halogens is 4. The van der Waals surface area contributed by atoms with E-state index in [1.165, 1.54) is 10.7 Å². The summed E-state index contributed by atoms with van der Waals surface area (Å²) in [6, 6.07) is 5.43. The van der Waals surface area contributed by atoms with Crippen LogP contribution in [0, 0.1) is 5.82 Å². The number of hydrogen-bond acceptors (Lipinski definition) is 2. The van der Waals surface area contributed by atoms with E-state index in [1.807, 2.05) is 0 Å². The monoisotopic (exact) mass is 373 g/mol. The van der Waals surface area contributed by atoms with Crippen LogP contribution in [0.3, 0.4) is 0 Å². The van der Waals surface area contributed by atoms with Crippen LogP contribution in [-0.4, -0.2) is 15.7 Å². The number of amides is 1. The molecule has 0 spiro atoms. The van der Waals surface area contributed by atoms with Gasteiger partial charge >= 0.3 is 0 Å². The quantitative estimate of drug-likeness (QED) is 0.876. The predicted octanol–water partition coefficient (Wildman–Crippen LogP) is 3.38. The number of hydrogen-bond donors (Lipinski definition) is 1. The Morgan fingerprint density at radius 1 is 1.41 bits per heavy atom. The van der Waals surface area contributed by atoms with Gasteiger partial charge in [-0.2, -0.15) is 5.10 Å².